The molecule has 0 saturated heterocycles. The number of amides is 1. The predicted octanol–water partition coefficient (Wildman–Crippen LogP) is 4.16. The molecule has 1 N–H and O–H groups in total. The van der Waals surface area contributed by atoms with E-state index in [2.05, 4.69) is 6.07 Å². The average Bonchev–Trinajstić information content (AvgIpc) is 2.49. The fourth-order valence-electron chi connectivity index (χ4n) is 2.69. The molecule has 116 valence electrons. The van der Waals surface area contributed by atoms with Crippen molar-refractivity contribution in [1.29, 1.82) is 0 Å². The first-order valence-corrected chi connectivity index (χ1v) is 7.67. The zero-order valence-electron chi connectivity index (χ0n) is 13.7. The van der Waals surface area contributed by atoms with Gasteiger partial charge in [-0.2, -0.15) is 0 Å². The topological polar surface area (TPSA) is 40.5 Å². The van der Waals surface area contributed by atoms with Gasteiger partial charge in [-0.25, -0.2) is 0 Å². The van der Waals surface area contributed by atoms with Crippen molar-refractivity contribution in [3.8, 4) is 16.9 Å². The number of hydrogen-bond acceptors (Lipinski definition) is 2. The quantitative estimate of drug-likeness (QED) is 0.920. The fraction of sp³-hybridized carbons (Fsp3) is 0.316. The summed E-state index contributed by atoms with van der Waals surface area (Å²) in [4.78, 5) is 14.3. The second kappa shape index (κ2) is 6.65. The summed E-state index contributed by atoms with van der Waals surface area (Å²) >= 11 is 0. The maximum absolute atomic E-state index is 12.5. The monoisotopic (exact) mass is 297 g/mol. The number of rotatable bonds is 4. The van der Waals surface area contributed by atoms with Crippen LogP contribution in [-0.4, -0.2) is 29.0 Å². The van der Waals surface area contributed by atoms with Gasteiger partial charge in [0.1, 0.15) is 5.75 Å². The van der Waals surface area contributed by atoms with Crippen LogP contribution in [0.15, 0.2) is 36.4 Å². The van der Waals surface area contributed by atoms with Gasteiger partial charge in [0.05, 0.1) is 0 Å². The van der Waals surface area contributed by atoms with Crippen LogP contribution < -0.4 is 0 Å². The molecule has 1 amide bonds. The zero-order valence-corrected chi connectivity index (χ0v) is 13.7. The molecule has 2 aromatic carbocycles. The molecule has 0 fully saturated rings. The number of hydrogen-bond donors (Lipinski definition) is 1. The first-order chi connectivity index (χ1) is 10.5. The van der Waals surface area contributed by atoms with Gasteiger partial charge in [0.25, 0.3) is 5.91 Å². The molecule has 0 aromatic heterocycles. The number of nitrogens with zero attached hydrogens (tertiary/aromatic N) is 1. The lowest BCUT2D eigenvalue weighted by Gasteiger charge is -2.19. The van der Waals surface area contributed by atoms with Crippen molar-refractivity contribution in [1.82, 2.24) is 4.90 Å². The molecule has 2 rings (SSSR count). The third-order valence-electron chi connectivity index (χ3n) is 3.97. The van der Waals surface area contributed by atoms with Crippen molar-refractivity contribution in [2.45, 2.75) is 27.7 Å². The largest absolute Gasteiger partial charge is 0.507 e. The normalized spacial score (nSPS) is 10.5. The van der Waals surface area contributed by atoms with Crippen molar-refractivity contribution in [2.24, 2.45) is 0 Å². The van der Waals surface area contributed by atoms with Gasteiger partial charge in [0.15, 0.2) is 0 Å². The van der Waals surface area contributed by atoms with Gasteiger partial charge in [-0.05, 0) is 57.0 Å². The number of phenols is 1. The molecule has 0 atom stereocenters. The molecule has 0 bridgehead atoms. The van der Waals surface area contributed by atoms with E-state index in [1.54, 1.807) is 23.1 Å². The molecule has 0 unspecified atom stereocenters. The molecule has 3 nitrogen and oxygen atoms in total. The molecule has 0 aliphatic heterocycles. The maximum Gasteiger partial charge on any atom is 0.253 e. The SMILES string of the molecule is CCN(CC)C(=O)c1ccc(O)c(-c2ccc(C)cc2C)c1. The summed E-state index contributed by atoms with van der Waals surface area (Å²) in [7, 11) is 0. The Labute approximate surface area is 132 Å². The number of aryl methyl sites for hydroxylation is 2. The van der Waals surface area contributed by atoms with Gasteiger partial charge in [0, 0.05) is 24.2 Å². The smallest absolute Gasteiger partial charge is 0.253 e. The first kappa shape index (κ1) is 16.1. The van der Waals surface area contributed by atoms with E-state index in [1.807, 2.05) is 39.8 Å². The zero-order chi connectivity index (χ0) is 16.3. The van der Waals surface area contributed by atoms with Gasteiger partial charge in [-0.3, -0.25) is 4.79 Å². The van der Waals surface area contributed by atoms with E-state index in [0.29, 0.717) is 24.2 Å². The van der Waals surface area contributed by atoms with E-state index in [0.717, 1.165) is 11.1 Å². The second-order valence-electron chi connectivity index (χ2n) is 5.53. The van der Waals surface area contributed by atoms with Crippen LogP contribution in [0.25, 0.3) is 11.1 Å². The Morgan fingerprint density at radius 3 is 2.27 bits per heavy atom. The van der Waals surface area contributed by atoms with Gasteiger partial charge >= 0.3 is 0 Å². The maximum atomic E-state index is 12.5. The van der Waals surface area contributed by atoms with E-state index < -0.39 is 0 Å². The average molecular weight is 297 g/mol. The van der Waals surface area contributed by atoms with Crippen molar-refractivity contribution in [3.63, 3.8) is 0 Å². The summed E-state index contributed by atoms with van der Waals surface area (Å²) in [6.07, 6.45) is 0. The summed E-state index contributed by atoms with van der Waals surface area (Å²) in [5.74, 6) is 0.194. The molecule has 3 heteroatoms. The molecule has 0 aliphatic carbocycles. The molecular formula is C19H23NO2. The number of benzene rings is 2. The van der Waals surface area contributed by atoms with Crippen molar-refractivity contribution in [3.05, 3.63) is 53.1 Å². The summed E-state index contributed by atoms with van der Waals surface area (Å²) in [6.45, 7) is 9.33. The van der Waals surface area contributed by atoms with E-state index in [4.69, 9.17) is 0 Å². The Bertz CT molecular complexity index is 688. The van der Waals surface area contributed by atoms with Gasteiger partial charge in [-0.15, -0.1) is 0 Å². The molecule has 0 aliphatic rings. The Balaban J connectivity index is 2.49. The molecular weight excluding hydrogens is 274 g/mol. The number of carbonyl (C=O) groups is 1. The van der Waals surface area contributed by atoms with E-state index in [-0.39, 0.29) is 11.7 Å². The van der Waals surface area contributed by atoms with E-state index in [1.165, 1.54) is 5.56 Å². The second-order valence-corrected chi connectivity index (χ2v) is 5.53. The van der Waals surface area contributed by atoms with Crippen LogP contribution in [0.3, 0.4) is 0 Å². The lowest BCUT2D eigenvalue weighted by atomic mass is 9.96. The number of carbonyl (C=O) groups excluding carboxylic acids is 1. The van der Waals surface area contributed by atoms with Gasteiger partial charge in [-0.1, -0.05) is 23.8 Å². The molecule has 2 aromatic rings. The lowest BCUT2D eigenvalue weighted by molar-refractivity contribution is 0.0773. The summed E-state index contributed by atoms with van der Waals surface area (Å²) in [5.41, 5.74) is 4.53. The molecule has 0 heterocycles. The molecule has 22 heavy (non-hydrogen) atoms. The molecule has 0 spiro atoms. The summed E-state index contributed by atoms with van der Waals surface area (Å²) in [5, 5.41) is 10.2. The highest BCUT2D eigenvalue weighted by atomic mass is 16.3. The van der Waals surface area contributed by atoms with Gasteiger partial charge < -0.3 is 10.0 Å². The third kappa shape index (κ3) is 3.14. The van der Waals surface area contributed by atoms with Crippen LogP contribution in [0.1, 0.15) is 35.3 Å². The van der Waals surface area contributed by atoms with Crippen LogP contribution in [0.5, 0.6) is 5.75 Å². The number of phenolic OH excluding ortho intramolecular Hbond substituents is 1. The van der Waals surface area contributed by atoms with Gasteiger partial charge in [0.2, 0.25) is 0 Å². The predicted molar refractivity (Wildman–Crippen MR) is 90.3 cm³/mol. The number of aromatic hydroxyl groups is 1. The summed E-state index contributed by atoms with van der Waals surface area (Å²) in [6, 6.07) is 11.2. The standard InChI is InChI=1S/C19H23NO2/c1-5-20(6-2)19(22)15-8-10-18(21)17(12-15)16-9-7-13(3)11-14(16)4/h7-12,21H,5-6H2,1-4H3. The first-order valence-electron chi connectivity index (χ1n) is 7.67. The highest BCUT2D eigenvalue weighted by Gasteiger charge is 2.15. The van der Waals surface area contributed by atoms with Crippen LogP contribution in [0.2, 0.25) is 0 Å². The highest BCUT2D eigenvalue weighted by Crippen LogP contribution is 2.33. The summed E-state index contributed by atoms with van der Waals surface area (Å²) < 4.78 is 0. The van der Waals surface area contributed by atoms with E-state index >= 15 is 0 Å². The highest BCUT2D eigenvalue weighted by molar-refractivity contribution is 5.96. The Kier molecular flexibility index (Phi) is 4.86. The van der Waals surface area contributed by atoms with Crippen LogP contribution in [0, 0.1) is 13.8 Å². The van der Waals surface area contributed by atoms with Crippen molar-refractivity contribution >= 4 is 5.91 Å². The fourth-order valence-corrected chi connectivity index (χ4v) is 2.69. The van der Waals surface area contributed by atoms with Crippen molar-refractivity contribution in [2.75, 3.05) is 13.1 Å². The third-order valence-corrected chi connectivity index (χ3v) is 3.97. The van der Waals surface area contributed by atoms with Crippen LogP contribution >= 0.6 is 0 Å². The minimum absolute atomic E-state index is 0.00369. The Hall–Kier alpha value is -2.29. The molecule has 0 radical (unpaired) electrons. The van der Waals surface area contributed by atoms with Crippen LogP contribution in [0.4, 0.5) is 0 Å². The van der Waals surface area contributed by atoms with Crippen LogP contribution in [-0.2, 0) is 0 Å². The minimum atomic E-state index is -0.00369. The Morgan fingerprint density at radius 1 is 1.00 bits per heavy atom. The molecule has 0 saturated carbocycles. The minimum Gasteiger partial charge on any atom is -0.507 e. The van der Waals surface area contributed by atoms with Crippen molar-refractivity contribution < 1.29 is 9.90 Å². The lowest BCUT2D eigenvalue weighted by Crippen LogP contribution is -2.30. The Morgan fingerprint density at radius 2 is 1.68 bits per heavy atom. The van der Waals surface area contributed by atoms with E-state index in [9.17, 15) is 9.90 Å².